The van der Waals surface area contributed by atoms with Gasteiger partial charge in [-0.3, -0.25) is 9.89 Å². The maximum Gasteiger partial charge on any atom is 0.264 e. The van der Waals surface area contributed by atoms with Gasteiger partial charge in [0.05, 0.1) is 13.3 Å². The van der Waals surface area contributed by atoms with E-state index in [0.29, 0.717) is 47.5 Å². The Morgan fingerprint density at radius 3 is 2.80 bits per heavy atom. The lowest BCUT2D eigenvalue weighted by atomic mass is 9.97. The van der Waals surface area contributed by atoms with Crippen LogP contribution in [0.2, 0.25) is 0 Å². The lowest BCUT2D eigenvalue weighted by Crippen LogP contribution is -2.27. The van der Waals surface area contributed by atoms with E-state index in [9.17, 15) is 18.0 Å². The summed E-state index contributed by atoms with van der Waals surface area (Å²) in [5.41, 5.74) is 1.87. The molecule has 1 N–H and O–H groups in total. The number of carbonyl (C=O) groups excluding carboxylic acids is 1. The Labute approximate surface area is 171 Å². The number of methoxy groups -OCH3 is 1. The molecule has 2 aromatic carbocycles. The largest absolute Gasteiger partial charge is 0.497 e. The van der Waals surface area contributed by atoms with E-state index >= 15 is 0 Å². The van der Waals surface area contributed by atoms with Crippen molar-refractivity contribution in [2.75, 3.05) is 18.6 Å². The van der Waals surface area contributed by atoms with Crippen molar-refractivity contribution < 1.29 is 22.7 Å². The zero-order chi connectivity index (χ0) is 21.3. The van der Waals surface area contributed by atoms with Crippen LogP contribution in [0.25, 0.3) is 11.1 Å². The van der Waals surface area contributed by atoms with Gasteiger partial charge in [-0.15, -0.1) is 0 Å². The summed E-state index contributed by atoms with van der Waals surface area (Å²) in [7, 11) is 1.45. The average Bonchev–Trinajstić information content (AvgIpc) is 3.38. The number of carbonyl (C=O) groups is 1. The van der Waals surface area contributed by atoms with Crippen molar-refractivity contribution in [3.63, 3.8) is 0 Å². The third-order valence-electron chi connectivity index (χ3n) is 5.36. The molecule has 1 atom stereocenters. The van der Waals surface area contributed by atoms with Gasteiger partial charge in [0.1, 0.15) is 11.6 Å². The van der Waals surface area contributed by atoms with Crippen LogP contribution in [0.3, 0.4) is 0 Å². The van der Waals surface area contributed by atoms with E-state index in [0.717, 1.165) is 0 Å². The Morgan fingerprint density at radius 2 is 2.10 bits per heavy atom. The van der Waals surface area contributed by atoms with Gasteiger partial charge in [0.25, 0.3) is 6.43 Å². The molecule has 8 heteroatoms. The minimum atomic E-state index is -2.69. The van der Waals surface area contributed by atoms with Crippen LogP contribution in [0, 0.1) is 11.7 Å². The first kappa shape index (κ1) is 20.0. The number of nitrogens with zero attached hydrogens (tertiary/aromatic N) is 2. The Balaban J connectivity index is 1.56. The number of H-pyrrole nitrogens is 1. The lowest BCUT2D eigenvalue weighted by Gasteiger charge is -2.19. The van der Waals surface area contributed by atoms with Gasteiger partial charge in [-0.2, -0.15) is 5.10 Å². The van der Waals surface area contributed by atoms with Crippen molar-refractivity contribution in [1.29, 1.82) is 0 Å². The fraction of sp³-hybridized carbons (Fsp3) is 0.273. The van der Waals surface area contributed by atoms with E-state index in [1.165, 1.54) is 36.4 Å². The molecular formula is C22H20F3N3O2. The molecule has 3 aromatic rings. The van der Waals surface area contributed by atoms with E-state index in [-0.39, 0.29) is 17.4 Å². The molecule has 0 spiro atoms. The Morgan fingerprint density at radius 1 is 1.27 bits per heavy atom. The maximum atomic E-state index is 13.7. The van der Waals surface area contributed by atoms with Crippen molar-refractivity contribution in [3.05, 3.63) is 65.7 Å². The number of hydrogen-bond donors (Lipinski definition) is 1. The first-order valence-corrected chi connectivity index (χ1v) is 9.52. The van der Waals surface area contributed by atoms with Crippen LogP contribution in [-0.4, -0.2) is 29.8 Å². The fourth-order valence-electron chi connectivity index (χ4n) is 3.89. The Kier molecular flexibility index (Phi) is 5.48. The number of amides is 1. The number of nitrogens with one attached hydrogen (secondary N) is 1. The summed E-state index contributed by atoms with van der Waals surface area (Å²) in [6.07, 6.45) is 1.25. The van der Waals surface area contributed by atoms with Crippen LogP contribution in [-0.2, 0) is 11.2 Å². The monoisotopic (exact) mass is 415 g/mol. The minimum absolute atomic E-state index is 0.153. The third kappa shape index (κ3) is 3.90. The molecule has 2 heterocycles. The maximum absolute atomic E-state index is 13.7. The van der Waals surface area contributed by atoms with Crippen LogP contribution >= 0.6 is 0 Å². The number of ether oxygens (including phenoxy) is 1. The number of anilines is 1. The van der Waals surface area contributed by atoms with E-state index < -0.39 is 12.2 Å². The highest BCUT2D eigenvalue weighted by molar-refractivity contribution is 5.97. The molecular weight excluding hydrogens is 395 g/mol. The number of benzene rings is 2. The first-order chi connectivity index (χ1) is 14.5. The normalized spacial score (nSPS) is 16.5. The number of rotatable bonds is 6. The van der Waals surface area contributed by atoms with Gasteiger partial charge >= 0.3 is 0 Å². The summed E-state index contributed by atoms with van der Waals surface area (Å²) in [6, 6.07) is 8.97. The molecule has 1 saturated heterocycles. The highest BCUT2D eigenvalue weighted by Crippen LogP contribution is 2.36. The predicted molar refractivity (Wildman–Crippen MR) is 106 cm³/mol. The molecule has 0 saturated carbocycles. The molecule has 0 aliphatic carbocycles. The van der Waals surface area contributed by atoms with Crippen LogP contribution in [0.5, 0.6) is 5.75 Å². The van der Waals surface area contributed by atoms with E-state index in [1.54, 1.807) is 24.4 Å². The zero-order valence-electron chi connectivity index (χ0n) is 16.2. The number of halogens is 3. The highest BCUT2D eigenvalue weighted by Gasteiger charge is 2.33. The quantitative estimate of drug-likeness (QED) is 0.632. The number of alkyl halides is 2. The minimum Gasteiger partial charge on any atom is -0.497 e. The summed E-state index contributed by atoms with van der Waals surface area (Å²) in [5.74, 6) is -0.540. The molecule has 1 amide bonds. The molecule has 1 aliphatic rings. The first-order valence-electron chi connectivity index (χ1n) is 9.52. The average molecular weight is 415 g/mol. The molecule has 156 valence electrons. The SMILES string of the molecule is COc1cc(F)cc(CC2CCN(c3ccc(-c4cn[nH]c4)c(C(F)F)c3)C2=O)c1. The van der Waals surface area contributed by atoms with Gasteiger partial charge in [-0.25, -0.2) is 13.2 Å². The zero-order valence-corrected chi connectivity index (χ0v) is 16.2. The summed E-state index contributed by atoms with van der Waals surface area (Å²) in [5, 5.41) is 6.43. The predicted octanol–water partition coefficient (Wildman–Crippen LogP) is 4.76. The second-order valence-electron chi connectivity index (χ2n) is 7.24. The van der Waals surface area contributed by atoms with Gasteiger partial charge in [-0.1, -0.05) is 6.07 Å². The molecule has 1 aliphatic heterocycles. The van der Waals surface area contributed by atoms with Gasteiger partial charge < -0.3 is 9.64 Å². The van der Waals surface area contributed by atoms with Gasteiger partial charge in [0.2, 0.25) is 5.91 Å². The van der Waals surface area contributed by atoms with Crippen molar-refractivity contribution in [2.45, 2.75) is 19.3 Å². The molecule has 1 unspecified atom stereocenters. The molecule has 0 bridgehead atoms. The topological polar surface area (TPSA) is 58.2 Å². The summed E-state index contributed by atoms with van der Waals surface area (Å²) < 4.78 is 46.2. The second-order valence-corrected chi connectivity index (χ2v) is 7.24. The van der Waals surface area contributed by atoms with E-state index in [1.807, 2.05) is 0 Å². The molecule has 1 fully saturated rings. The van der Waals surface area contributed by atoms with Crippen molar-refractivity contribution in [2.24, 2.45) is 5.92 Å². The Hall–Kier alpha value is -3.29. The van der Waals surface area contributed by atoms with Gasteiger partial charge in [0.15, 0.2) is 0 Å². The van der Waals surface area contributed by atoms with E-state index in [4.69, 9.17) is 4.74 Å². The van der Waals surface area contributed by atoms with Crippen LogP contribution in [0.15, 0.2) is 48.8 Å². The van der Waals surface area contributed by atoms with Crippen molar-refractivity contribution in [1.82, 2.24) is 10.2 Å². The second kappa shape index (κ2) is 8.22. The van der Waals surface area contributed by atoms with Gasteiger partial charge in [0, 0.05) is 41.5 Å². The molecule has 4 rings (SSSR count). The molecule has 5 nitrogen and oxygen atoms in total. The lowest BCUT2D eigenvalue weighted by molar-refractivity contribution is -0.120. The van der Waals surface area contributed by atoms with Crippen LogP contribution in [0.4, 0.5) is 18.9 Å². The highest BCUT2D eigenvalue weighted by atomic mass is 19.3. The number of aromatic nitrogens is 2. The fourth-order valence-corrected chi connectivity index (χ4v) is 3.89. The van der Waals surface area contributed by atoms with Crippen LogP contribution < -0.4 is 9.64 Å². The van der Waals surface area contributed by atoms with Crippen molar-refractivity contribution in [3.8, 4) is 16.9 Å². The van der Waals surface area contributed by atoms with Crippen molar-refractivity contribution >= 4 is 11.6 Å². The number of hydrogen-bond acceptors (Lipinski definition) is 3. The number of aromatic amines is 1. The molecule has 1 aromatic heterocycles. The van der Waals surface area contributed by atoms with Crippen LogP contribution in [0.1, 0.15) is 24.0 Å². The molecule has 30 heavy (non-hydrogen) atoms. The molecule has 0 radical (unpaired) electrons. The summed E-state index contributed by atoms with van der Waals surface area (Å²) >= 11 is 0. The summed E-state index contributed by atoms with van der Waals surface area (Å²) in [4.78, 5) is 14.5. The standard InChI is InChI=1S/C22H20F3N3O2/c1-30-18-8-13(7-16(23)9-18)6-14-4-5-28(22(14)29)17-2-3-19(15-11-26-27-12-15)20(10-17)21(24)25/h2-3,7-12,14,21H,4-6H2,1H3,(H,26,27). The Bertz CT molecular complexity index is 1050. The smallest absolute Gasteiger partial charge is 0.264 e. The summed E-state index contributed by atoms with van der Waals surface area (Å²) in [6.45, 7) is 0.420. The van der Waals surface area contributed by atoms with E-state index in [2.05, 4.69) is 10.2 Å². The third-order valence-corrected chi connectivity index (χ3v) is 5.36. The van der Waals surface area contributed by atoms with Gasteiger partial charge in [-0.05, 0) is 48.2 Å².